The number of hydrogen-bond donors (Lipinski definition) is 1. The van der Waals surface area contributed by atoms with Gasteiger partial charge in [0.25, 0.3) is 0 Å². The van der Waals surface area contributed by atoms with E-state index in [0.717, 1.165) is 20.9 Å². The molecule has 1 atom stereocenters. The van der Waals surface area contributed by atoms with Crippen LogP contribution >= 0.6 is 11.8 Å². The first-order valence-corrected chi connectivity index (χ1v) is 9.21. The maximum atomic E-state index is 11.8. The van der Waals surface area contributed by atoms with E-state index >= 15 is 0 Å². The fourth-order valence-corrected chi connectivity index (χ4v) is 3.58. The first kappa shape index (κ1) is 18.1. The van der Waals surface area contributed by atoms with Crippen LogP contribution in [0, 0.1) is 6.92 Å². The molecule has 26 heavy (non-hydrogen) atoms. The maximum Gasteiger partial charge on any atom is 0.345 e. The second-order valence-electron chi connectivity index (χ2n) is 5.94. The Balaban J connectivity index is 1.81. The molecule has 0 spiro atoms. The average Bonchev–Trinajstić information content (AvgIpc) is 2.65. The van der Waals surface area contributed by atoms with Crippen LogP contribution in [0.2, 0.25) is 0 Å². The summed E-state index contributed by atoms with van der Waals surface area (Å²) in [4.78, 5) is 13.9. The van der Waals surface area contributed by atoms with Crippen molar-refractivity contribution in [3.05, 3.63) is 90.0 Å². The predicted molar refractivity (Wildman–Crippen MR) is 104 cm³/mol. The summed E-state index contributed by atoms with van der Waals surface area (Å²) < 4.78 is 5.81. The Bertz CT molecular complexity index is 877. The topological polar surface area (TPSA) is 46.5 Å². The van der Waals surface area contributed by atoms with Crippen molar-refractivity contribution in [1.82, 2.24) is 0 Å². The average molecular weight is 364 g/mol. The highest BCUT2D eigenvalue weighted by atomic mass is 32.2. The van der Waals surface area contributed by atoms with Crippen LogP contribution in [0.5, 0.6) is 5.75 Å². The van der Waals surface area contributed by atoms with Gasteiger partial charge in [-0.25, -0.2) is 4.79 Å². The summed E-state index contributed by atoms with van der Waals surface area (Å²) in [6.07, 6.45) is -0.631. The van der Waals surface area contributed by atoms with E-state index in [9.17, 15) is 9.90 Å². The lowest BCUT2D eigenvalue weighted by Crippen LogP contribution is -2.29. The largest absolute Gasteiger partial charge is 0.478 e. The normalized spacial score (nSPS) is 11.7. The Labute approximate surface area is 157 Å². The summed E-state index contributed by atoms with van der Waals surface area (Å²) in [5.74, 6) is -0.360. The summed E-state index contributed by atoms with van der Waals surface area (Å²) in [5, 5.41) is 9.64. The van der Waals surface area contributed by atoms with Crippen LogP contribution in [-0.4, -0.2) is 17.2 Å². The van der Waals surface area contributed by atoms with Gasteiger partial charge < -0.3 is 9.84 Å². The van der Waals surface area contributed by atoms with E-state index in [1.165, 1.54) is 0 Å². The first-order chi connectivity index (χ1) is 12.6. The minimum atomic E-state index is -0.965. The molecule has 0 heterocycles. The number of hydrogen-bond acceptors (Lipinski definition) is 3. The maximum absolute atomic E-state index is 11.8. The molecule has 0 aliphatic carbocycles. The van der Waals surface area contributed by atoms with Gasteiger partial charge >= 0.3 is 5.97 Å². The van der Waals surface area contributed by atoms with Gasteiger partial charge in [-0.05, 0) is 42.3 Å². The third-order valence-corrected chi connectivity index (χ3v) is 5.11. The Morgan fingerprint density at radius 3 is 2.35 bits per heavy atom. The highest BCUT2D eigenvalue weighted by Gasteiger charge is 2.22. The van der Waals surface area contributed by atoms with Crippen molar-refractivity contribution >= 4 is 17.7 Å². The van der Waals surface area contributed by atoms with E-state index in [0.29, 0.717) is 12.2 Å². The molecule has 0 unspecified atom stereocenters. The van der Waals surface area contributed by atoms with Gasteiger partial charge in [0, 0.05) is 16.2 Å². The first-order valence-electron chi connectivity index (χ1n) is 8.39. The molecular weight excluding hydrogens is 344 g/mol. The minimum absolute atomic E-state index is 0.305. The van der Waals surface area contributed by atoms with Gasteiger partial charge in [-0.3, -0.25) is 0 Å². The van der Waals surface area contributed by atoms with Crippen molar-refractivity contribution in [2.75, 3.05) is 0 Å². The monoisotopic (exact) mass is 364 g/mol. The third-order valence-electron chi connectivity index (χ3n) is 3.99. The van der Waals surface area contributed by atoms with Gasteiger partial charge in [-0.2, -0.15) is 0 Å². The van der Waals surface area contributed by atoms with Crippen molar-refractivity contribution in [3.8, 4) is 5.75 Å². The van der Waals surface area contributed by atoms with Gasteiger partial charge in [-0.15, -0.1) is 0 Å². The number of aliphatic carboxylic acids is 1. The second kappa shape index (κ2) is 8.59. The zero-order valence-corrected chi connectivity index (χ0v) is 15.3. The quantitative estimate of drug-likeness (QED) is 0.624. The molecule has 3 nitrogen and oxygen atoms in total. The highest BCUT2D eigenvalue weighted by Crippen LogP contribution is 2.31. The van der Waals surface area contributed by atoms with E-state index in [1.54, 1.807) is 17.8 Å². The predicted octanol–water partition coefficient (Wildman–Crippen LogP) is 5.22. The number of para-hydroxylation sites is 1. The number of ether oxygens (including phenoxy) is 1. The zero-order chi connectivity index (χ0) is 18.4. The number of carboxylic acids is 1. The molecule has 132 valence electrons. The van der Waals surface area contributed by atoms with E-state index in [1.807, 2.05) is 79.7 Å². The van der Waals surface area contributed by atoms with Crippen LogP contribution in [0.15, 0.2) is 88.7 Å². The van der Waals surface area contributed by atoms with Crippen LogP contribution in [0.3, 0.4) is 0 Å². The van der Waals surface area contributed by atoms with Crippen molar-refractivity contribution in [2.45, 2.75) is 29.2 Å². The lowest BCUT2D eigenvalue weighted by atomic mass is 10.1. The SMILES string of the molecule is Cc1ccccc1O[C@@H](Cc1ccccc1Sc1ccccc1)C(=O)O. The van der Waals surface area contributed by atoms with Gasteiger partial charge in [0.05, 0.1) is 0 Å². The van der Waals surface area contributed by atoms with E-state index in [4.69, 9.17) is 4.74 Å². The molecular formula is C22H20O3S. The van der Waals surface area contributed by atoms with Crippen LogP contribution < -0.4 is 4.74 Å². The van der Waals surface area contributed by atoms with Crippen LogP contribution in [0.25, 0.3) is 0 Å². The molecule has 0 amide bonds. The molecule has 4 heteroatoms. The van der Waals surface area contributed by atoms with Crippen molar-refractivity contribution in [3.63, 3.8) is 0 Å². The number of rotatable bonds is 7. The Hall–Kier alpha value is -2.72. The number of carbonyl (C=O) groups is 1. The summed E-state index contributed by atoms with van der Waals surface area (Å²) in [6, 6.07) is 25.4. The molecule has 3 aromatic carbocycles. The molecule has 0 aromatic heterocycles. The Morgan fingerprint density at radius 2 is 1.62 bits per heavy atom. The molecule has 0 aliphatic heterocycles. The van der Waals surface area contributed by atoms with E-state index < -0.39 is 12.1 Å². The molecule has 3 rings (SSSR count). The molecule has 3 aromatic rings. The van der Waals surface area contributed by atoms with Crippen molar-refractivity contribution in [1.29, 1.82) is 0 Å². The molecule has 0 saturated heterocycles. The molecule has 0 radical (unpaired) electrons. The van der Waals surface area contributed by atoms with Crippen molar-refractivity contribution in [2.24, 2.45) is 0 Å². The fraction of sp³-hybridized carbons (Fsp3) is 0.136. The minimum Gasteiger partial charge on any atom is -0.478 e. The van der Waals surface area contributed by atoms with Gasteiger partial charge in [0.2, 0.25) is 0 Å². The number of aryl methyl sites for hydroxylation is 1. The van der Waals surface area contributed by atoms with Gasteiger partial charge in [0.15, 0.2) is 6.10 Å². The fourth-order valence-electron chi connectivity index (χ4n) is 2.61. The van der Waals surface area contributed by atoms with Gasteiger partial charge in [-0.1, -0.05) is 66.4 Å². The summed E-state index contributed by atoms with van der Waals surface area (Å²) in [5.41, 5.74) is 1.88. The van der Waals surface area contributed by atoms with Crippen molar-refractivity contribution < 1.29 is 14.6 Å². The van der Waals surface area contributed by atoms with Crippen LogP contribution in [-0.2, 0) is 11.2 Å². The highest BCUT2D eigenvalue weighted by molar-refractivity contribution is 7.99. The van der Waals surface area contributed by atoms with E-state index in [2.05, 4.69) is 0 Å². The molecule has 0 bridgehead atoms. The Kier molecular flexibility index (Phi) is 5.97. The molecule has 0 aliphatic rings. The molecule has 0 saturated carbocycles. The summed E-state index contributed by atoms with van der Waals surface area (Å²) in [6.45, 7) is 1.91. The molecule has 0 fully saturated rings. The number of carboxylic acid groups (broad SMARTS) is 1. The third kappa shape index (κ3) is 4.67. The smallest absolute Gasteiger partial charge is 0.345 e. The van der Waals surface area contributed by atoms with Crippen LogP contribution in [0.1, 0.15) is 11.1 Å². The lowest BCUT2D eigenvalue weighted by Gasteiger charge is -2.18. The standard InChI is InChI=1S/C22H20O3S/c1-16-9-5-7-13-19(16)25-20(22(23)24)15-17-10-6-8-14-21(17)26-18-11-3-2-4-12-18/h2-14,20H,15H2,1H3,(H,23,24)/t20-/m0/s1. The van der Waals surface area contributed by atoms with Crippen LogP contribution in [0.4, 0.5) is 0 Å². The number of benzene rings is 3. The zero-order valence-electron chi connectivity index (χ0n) is 14.5. The molecule has 1 N–H and O–H groups in total. The lowest BCUT2D eigenvalue weighted by molar-refractivity contribution is -0.145. The second-order valence-corrected chi connectivity index (χ2v) is 7.05. The summed E-state index contributed by atoms with van der Waals surface area (Å²) in [7, 11) is 0. The van der Waals surface area contributed by atoms with E-state index in [-0.39, 0.29) is 0 Å². The summed E-state index contributed by atoms with van der Waals surface area (Å²) >= 11 is 1.63. The van der Waals surface area contributed by atoms with Gasteiger partial charge in [0.1, 0.15) is 5.75 Å². The Morgan fingerprint density at radius 1 is 0.962 bits per heavy atom.